The standard InChI is InChI=1S/C16H23BBrNO5/c1-15(2)16(3,4)24-17(23-15)10-7-11(19-14(20)9-18)13(22-6)8-12(10)21-5/h7-8H,9H2,1-6H3,(H,19,20). The molecule has 1 aromatic carbocycles. The number of hydrogen-bond acceptors (Lipinski definition) is 5. The van der Waals surface area contributed by atoms with Crippen LogP contribution in [-0.4, -0.2) is 43.8 Å². The molecule has 8 heteroatoms. The molecule has 1 aliphatic rings. The molecule has 0 unspecified atom stereocenters. The van der Waals surface area contributed by atoms with Gasteiger partial charge in [-0.25, -0.2) is 0 Å². The van der Waals surface area contributed by atoms with E-state index in [1.807, 2.05) is 27.7 Å². The first-order valence-corrected chi connectivity index (χ1v) is 8.74. The molecule has 1 amide bonds. The minimum atomic E-state index is -0.601. The first-order valence-electron chi connectivity index (χ1n) is 7.62. The van der Waals surface area contributed by atoms with E-state index in [1.54, 1.807) is 19.2 Å². The van der Waals surface area contributed by atoms with Crippen molar-refractivity contribution in [2.24, 2.45) is 0 Å². The molecule has 1 aliphatic heterocycles. The Labute approximate surface area is 151 Å². The van der Waals surface area contributed by atoms with Crippen molar-refractivity contribution >= 4 is 40.1 Å². The molecule has 0 spiro atoms. The molecule has 0 aromatic heterocycles. The lowest BCUT2D eigenvalue weighted by atomic mass is 9.78. The van der Waals surface area contributed by atoms with Crippen molar-refractivity contribution in [1.29, 1.82) is 0 Å². The van der Waals surface area contributed by atoms with E-state index in [9.17, 15) is 4.79 Å². The Morgan fingerprint density at radius 3 is 2.12 bits per heavy atom. The highest BCUT2D eigenvalue weighted by Gasteiger charge is 2.52. The van der Waals surface area contributed by atoms with Crippen molar-refractivity contribution in [3.63, 3.8) is 0 Å². The predicted octanol–water partition coefficient (Wildman–Crippen LogP) is 2.34. The number of halogens is 1. The maximum absolute atomic E-state index is 11.7. The van der Waals surface area contributed by atoms with E-state index >= 15 is 0 Å². The Kier molecular flexibility index (Phi) is 5.52. The third kappa shape index (κ3) is 3.55. The number of benzene rings is 1. The van der Waals surface area contributed by atoms with Crippen molar-refractivity contribution in [3.8, 4) is 11.5 Å². The summed E-state index contributed by atoms with van der Waals surface area (Å²) in [7, 11) is 2.50. The van der Waals surface area contributed by atoms with Gasteiger partial charge >= 0.3 is 7.12 Å². The average Bonchev–Trinajstić information content (AvgIpc) is 2.74. The summed E-state index contributed by atoms with van der Waals surface area (Å²) in [6, 6.07) is 3.48. The van der Waals surface area contributed by atoms with Gasteiger partial charge in [0.1, 0.15) is 11.5 Å². The van der Waals surface area contributed by atoms with Crippen LogP contribution in [0.3, 0.4) is 0 Å². The lowest BCUT2D eigenvalue weighted by Gasteiger charge is -2.32. The summed E-state index contributed by atoms with van der Waals surface area (Å²) in [5.74, 6) is 0.891. The summed E-state index contributed by atoms with van der Waals surface area (Å²) in [5, 5.41) is 2.98. The Balaban J connectivity index is 2.45. The first kappa shape index (κ1) is 19.1. The van der Waals surface area contributed by atoms with Crippen molar-refractivity contribution in [2.75, 3.05) is 24.9 Å². The Hall–Kier alpha value is -1.25. The average molecular weight is 400 g/mol. The van der Waals surface area contributed by atoms with Gasteiger partial charge in [0.25, 0.3) is 0 Å². The van der Waals surface area contributed by atoms with Gasteiger partial charge in [-0.1, -0.05) is 15.9 Å². The molecule has 1 heterocycles. The molecular formula is C16H23BBrNO5. The number of anilines is 1. The van der Waals surface area contributed by atoms with Crippen LogP contribution in [0.5, 0.6) is 11.5 Å². The molecule has 0 bridgehead atoms. The van der Waals surface area contributed by atoms with E-state index < -0.39 is 18.3 Å². The number of nitrogens with one attached hydrogen (secondary N) is 1. The molecule has 2 rings (SSSR count). The monoisotopic (exact) mass is 399 g/mol. The van der Waals surface area contributed by atoms with Crippen LogP contribution in [0.25, 0.3) is 0 Å². The SMILES string of the molecule is COc1cc(OC)c(B2OC(C)(C)C(C)(C)O2)cc1NC(=O)CBr. The fourth-order valence-electron chi connectivity index (χ4n) is 2.36. The quantitative estimate of drug-likeness (QED) is 0.608. The van der Waals surface area contributed by atoms with Gasteiger partial charge in [0.2, 0.25) is 5.91 Å². The van der Waals surface area contributed by atoms with Crippen molar-refractivity contribution < 1.29 is 23.6 Å². The second-order valence-corrected chi connectivity index (χ2v) is 7.13. The minimum absolute atomic E-state index is 0.182. The van der Waals surface area contributed by atoms with Gasteiger partial charge in [0, 0.05) is 11.5 Å². The van der Waals surface area contributed by atoms with Gasteiger partial charge in [0.15, 0.2) is 0 Å². The number of hydrogen-bond donors (Lipinski definition) is 1. The lowest BCUT2D eigenvalue weighted by Crippen LogP contribution is -2.41. The number of carbonyl (C=O) groups excluding carboxylic acids is 1. The van der Waals surface area contributed by atoms with Crippen molar-refractivity contribution in [2.45, 2.75) is 38.9 Å². The van der Waals surface area contributed by atoms with Crippen LogP contribution in [-0.2, 0) is 14.1 Å². The highest BCUT2D eigenvalue weighted by atomic mass is 79.9. The van der Waals surface area contributed by atoms with Gasteiger partial charge in [-0.15, -0.1) is 0 Å². The normalized spacial score (nSPS) is 18.4. The van der Waals surface area contributed by atoms with E-state index in [0.29, 0.717) is 22.6 Å². The molecular weight excluding hydrogens is 377 g/mol. The summed E-state index contributed by atoms with van der Waals surface area (Å²) in [6.45, 7) is 7.93. The molecule has 0 radical (unpaired) electrons. The van der Waals surface area contributed by atoms with E-state index in [0.717, 1.165) is 0 Å². The molecule has 1 N–H and O–H groups in total. The molecule has 0 atom stereocenters. The van der Waals surface area contributed by atoms with E-state index in [2.05, 4.69) is 21.2 Å². The van der Waals surface area contributed by atoms with Crippen LogP contribution in [0.2, 0.25) is 0 Å². The van der Waals surface area contributed by atoms with Crippen LogP contribution in [0.4, 0.5) is 5.69 Å². The van der Waals surface area contributed by atoms with Crippen LogP contribution < -0.4 is 20.3 Å². The second-order valence-electron chi connectivity index (χ2n) is 6.56. The largest absolute Gasteiger partial charge is 0.498 e. The highest BCUT2D eigenvalue weighted by molar-refractivity contribution is 9.09. The zero-order valence-corrected chi connectivity index (χ0v) is 16.4. The number of rotatable bonds is 5. The highest BCUT2D eigenvalue weighted by Crippen LogP contribution is 2.38. The van der Waals surface area contributed by atoms with Crippen LogP contribution >= 0.6 is 15.9 Å². The van der Waals surface area contributed by atoms with E-state index in [4.69, 9.17) is 18.8 Å². The van der Waals surface area contributed by atoms with Crippen LogP contribution in [0, 0.1) is 0 Å². The molecule has 0 saturated carbocycles. The predicted molar refractivity (Wildman–Crippen MR) is 97.7 cm³/mol. The van der Waals surface area contributed by atoms with Gasteiger partial charge in [-0.3, -0.25) is 4.79 Å². The smallest absolute Gasteiger partial charge is 0.497 e. The number of ether oxygens (including phenoxy) is 2. The zero-order valence-electron chi connectivity index (χ0n) is 14.9. The molecule has 1 aromatic rings. The molecule has 0 aliphatic carbocycles. The fourth-order valence-corrected chi connectivity index (χ4v) is 2.50. The molecule has 1 fully saturated rings. The number of alkyl halides is 1. The Morgan fingerprint density at radius 2 is 1.67 bits per heavy atom. The van der Waals surface area contributed by atoms with Gasteiger partial charge in [-0.2, -0.15) is 0 Å². The number of carbonyl (C=O) groups is 1. The molecule has 6 nitrogen and oxygen atoms in total. The maximum Gasteiger partial charge on any atom is 0.498 e. The van der Waals surface area contributed by atoms with Crippen molar-refractivity contribution in [1.82, 2.24) is 0 Å². The third-order valence-corrected chi connectivity index (χ3v) is 4.96. The fraction of sp³-hybridized carbons (Fsp3) is 0.562. The first-order chi connectivity index (χ1) is 11.1. The summed E-state index contributed by atoms with van der Waals surface area (Å²) in [4.78, 5) is 11.7. The molecule has 24 heavy (non-hydrogen) atoms. The summed E-state index contributed by atoms with van der Waals surface area (Å²) >= 11 is 3.13. The summed E-state index contributed by atoms with van der Waals surface area (Å²) in [6.07, 6.45) is 0. The Bertz CT molecular complexity index is 619. The minimum Gasteiger partial charge on any atom is -0.497 e. The van der Waals surface area contributed by atoms with E-state index in [-0.39, 0.29) is 11.2 Å². The van der Waals surface area contributed by atoms with Gasteiger partial charge < -0.3 is 24.1 Å². The second kappa shape index (κ2) is 6.94. The lowest BCUT2D eigenvalue weighted by molar-refractivity contribution is -0.113. The number of methoxy groups -OCH3 is 2. The van der Waals surface area contributed by atoms with Gasteiger partial charge in [-0.05, 0) is 33.8 Å². The van der Waals surface area contributed by atoms with Crippen LogP contribution in [0.15, 0.2) is 12.1 Å². The summed E-state index contributed by atoms with van der Waals surface area (Å²) in [5.41, 5.74) is 0.290. The van der Waals surface area contributed by atoms with Crippen LogP contribution in [0.1, 0.15) is 27.7 Å². The molecule has 1 saturated heterocycles. The Morgan fingerprint density at radius 1 is 1.12 bits per heavy atom. The third-order valence-electron chi connectivity index (χ3n) is 4.45. The summed E-state index contributed by atoms with van der Waals surface area (Å²) < 4.78 is 23.0. The topological polar surface area (TPSA) is 66.0 Å². The number of amides is 1. The van der Waals surface area contributed by atoms with E-state index in [1.165, 1.54) is 7.11 Å². The van der Waals surface area contributed by atoms with Gasteiger partial charge in [0.05, 0.1) is 36.4 Å². The molecule has 132 valence electrons. The maximum atomic E-state index is 11.7. The van der Waals surface area contributed by atoms with Crippen molar-refractivity contribution in [3.05, 3.63) is 12.1 Å². The zero-order chi connectivity index (χ0) is 18.1.